The molecule has 0 heterocycles. The number of aryl methyl sites for hydroxylation is 4. The van der Waals surface area contributed by atoms with Gasteiger partial charge in [-0.05, 0) is 0 Å². The first-order valence-electron chi connectivity index (χ1n) is 15.1. The predicted octanol–water partition coefficient (Wildman–Crippen LogP) is 4.39. The van der Waals surface area contributed by atoms with Crippen LogP contribution in [0.15, 0.2) is 106 Å². The molecule has 1 atom stereocenters. The molecule has 220 valence electrons. The summed E-state index contributed by atoms with van der Waals surface area (Å²) in [6.45, 7) is 18.7. The van der Waals surface area contributed by atoms with Crippen molar-refractivity contribution < 1.29 is 46.1 Å². The van der Waals surface area contributed by atoms with Crippen molar-refractivity contribution in [1.82, 2.24) is 0 Å². The van der Waals surface area contributed by atoms with E-state index in [1.807, 2.05) is 0 Å². The van der Waals surface area contributed by atoms with Crippen LogP contribution in [-0.2, 0) is 21.3 Å². The number of hydrogen-bond acceptors (Lipinski definition) is 0. The van der Waals surface area contributed by atoms with E-state index in [0.717, 1.165) is 0 Å². The number of fused-ring (bicyclic) bond motifs is 3. The van der Waals surface area contributed by atoms with Crippen LogP contribution in [0.2, 0.25) is 0 Å². The molecular formula is C40H42Cl2Zr. The van der Waals surface area contributed by atoms with Gasteiger partial charge in [0.05, 0.1) is 0 Å². The summed E-state index contributed by atoms with van der Waals surface area (Å²) in [5.41, 5.74) is 16.1. The average Bonchev–Trinajstić information content (AvgIpc) is 3.46. The van der Waals surface area contributed by atoms with Crippen LogP contribution < -0.4 is 24.8 Å². The third-order valence-electron chi connectivity index (χ3n) is 9.34. The first kappa shape index (κ1) is 33.6. The van der Waals surface area contributed by atoms with Gasteiger partial charge in [0.1, 0.15) is 0 Å². The van der Waals surface area contributed by atoms with E-state index in [1.165, 1.54) is 50.1 Å². The number of halogens is 2. The van der Waals surface area contributed by atoms with Crippen LogP contribution in [-0.4, -0.2) is 3.21 Å². The molecule has 0 N–H and O–H groups in total. The van der Waals surface area contributed by atoms with Gasteiger partial charge in [0.15, 0.2) is 0 Å². The molecule has 0 aromatic heterocycles. The minimum Gasteiger partial charge on any atom is -1.00 e. The zero-order valence-corrected chi connectivity index (χ0v) is 30.6. The molecule has 0 fully saturated rings. The number of rotatable bonds is 4. The van der Waals surface area contributed by atoms with Crippen LogP contribution in [0.5, 0.6) is 0 Å². The topological polar surface area (TPSA) is 0 Å². The summed E-state index contributed by atoms with van der Waals surface area (Å²) in [6.07, 6.45) is 5.21. The van der Waals surface area contributed by atoms with Gasteiger partial charge in [-0.3, -0.25) is 0 Å². The molecule has 0 radical (unpaired) electrons. The van der Waals surface area contributed by atoms with Crippen LogP contribution >= 0.6 is 0 Å². The Morgan fingerprint density at radius 1 is 0.628 bits per heavy atom. The van der Waals surface area contributed by atoms with Gasteiger partial charge >= 0.3 is 256 Å². The SMILES string of the molecule is Cc1cc2c(cc1C)[CH]([Zr+2]([C]1=CC(C(C)(C)C)=CC1C)=[C](c1ccccc1)c1ccccc1)c1cc(C)c(C)cc1-2.[Cl-].[Cl-]. The van der Waals surface area contributed by atoms with Crippen molar-refractivity contribution in [2.24, 2.45) is 11.3 Å². The minimum absolute atomic E-state index is 0. The van der Waals surface area contributed by atoms with Crippen molar-refractivity contribution in [1.29, 1.82) is 0 Å². The van der Waals surface area contributed by atoms with Gasteiger partial charge < -0.3 is 24.8 Å². The Morgan fingerprint density at radius 3 is 1.44 bits per heavy atom. The van der Waals surface area contributed by atoms with Gasteiger partial charge in [-0.1, -0.05) is 0 Å². The average molecular weight is 685 g/mol. The second-order valence-corrected chi connectivity index (χ2v) is 19.4. The monoisotopic (exact) mass is 682 g/mol. The third kappa shape index (κ3) is 6.16. The van der Waals surface area contributed by atoms with E-state index in [4.69, 9.17) is 0 Å². The van der Waals surface area contributed by atoms with Gasteiger partial charge in [0.2, 0.25) is 0 Å². The van der Waals surface area contributed by atoms with Gasteiger partial charge in [-0.15, -0.1) is 0 Å². The fraction of sp³-hybridized carbons (Fsp3) is 0.275. The van der Waals surface area contributed by atoms with Crippen LogP contribution in [0, 0.1) is 39.0 Å². The molecule has 2 aliphatic carbocycles. The molecule has 4 aromatic rings. The fourth-order valence-corrected chi connectivity index (χ4v) is 16.2. The summed E-state index contributed by atoms with van der Waals surface area (Å²) in [5, 5.41) is 0. The molecule has 0 saturated carbocycles. The van der Waals surface area contributed by atoms with Gasteiger partial charge in [-0.25, -0.2) is 0 Å². The largest absolute Gasteiger partial charge is 1.00 e. The second kappa shape index (κ2) is 13.0. The molecule has 0 aliphatic heterocycles. The Kier molecular flexibility index (Phi) is 10.1. The van der Waals surface area contributed by atoms with E-state index in [-0.39, 0.29) is 30.2 Å². The molecule has 43 heavy (non-hydrogen) atoms. The van der Waals surface area contributed by atoms with E-state index < -0.39 is 21.3 Å². The number of hydrogen-bond donors (Lipinski definition) is 0. The van der Waals surface area contributed by atoms with Crippen molar-refractivity contribution >= 4 is 3.21 Å². The minimum atomic E-state index is -2.76. The molecule has 0 spiro atoms. The normalized spacial score (nSPS) is 15.3. The molecule has 0 nitrogen and oxygen atoms in total. The zero-order chi connectivity index (χ0) is 29.1. The van der Waals surface area contributed by atoms with Gasteiger partial charge in [-0.2, -0.15) is 0 Å². The maximum Gasteiger partial charge on any atom is -1.00 e. The summed E-state index contributed by atoms with van der Waals surface area (Å²) >= 11 is -2.76. The third-order valence-corrected chi connectivity index (χ3v) is 18.0. The molecule has 2 aliphatic rings. The standard InChI is InChI=1S/C17H17.C13H10.C10H15.2ClH.Zr/c1-10-5-14-9-15-6-11(2)13(4)8-17(15)16(14)7-12(10)3;1-3-7-12(8-4-1)11-13-9-5-2-6-10-13;1-8-5-6-9(7-8)10(2,3)4;;;/h5-9H,1-4H3;1-10H;6-8H,1-4H3;2*1H;/q;;;;;+2/p-2. The van der Waals surface area contributed by atoms with E-state index in [9.17, 15) is 0 Å². The first-order valence-corrected chi connectivity index (χ1v) is 18.9. The molecule has 1 unspecified atom stereocenters. The van der Waals surface area contributed by atoms with Crippen molar-refractivity contribution in [3.8, 4) is 11.1 Å². The van der Waals surface area contributed by atoms with E-state index in [1.54, 1.807) is 17.6 Å². The Bertz CT molecular complexity index is 1650. The Hall–Kier alpha value is -2.31. The van der Waals surface area contributed by atoms with Crippen molar-refractivity contribution in [3.05, 3.63) is 150 Å². The number of allylic oxidation sites excluding steroid dienone is 4. The molecule has 3 heteroatoms. The van der Waals surface area contributed by atoms with Crippen molar-refractivity contribution in [3.63, 3.8) is 0 Å². The summed E-state index contributed by atoms with van der Waals surface area (Å²) in [6, 6.07) is 32.7. The summed E-state index contributed by atoms with van der Waals surface area (Å²) in [7, 11) is 0. The van der Waals surface area contributed by atoms with Gasteiger partial charge in [0, 0.05) is 0 Å². The molecular weight excluding hydrogens is 643 g/mol. The zero-order valence-electron chi connectivity index (χ0n) is 26.6. The summed E-state index contributed by atoms with van der Waals surface area (Å²) in [5.74, 6) is 0.451. The smallest absolute Gasteiger partial charge is 1.00 e. The van der Waals surface area contributed by atoms with Crippen LogP contribution in [0.4, 0.5) is 0 Å². The summed E-state index contributed by atoms with van der Waals surface area (Å²) < 4.78 is 3.77. The number of benzene rings is 4. The van der Waals surface area contributed by atoms with Gasteiger partial charge in [0.25, 0.3) is 0 Å². The fourth-order valence-electron chi connectivity index (χ4n) is 6.74. The maximum atomic E-state index is 2.64. The Morgan fingerprint density at radius 2 is 1.05 bits per heavy atom. The predicted molar refractivity (Wildman–Crippen MR) is 174 cm³/mol. The van der Waals surface area contributed by atoms with Crippen LogP contribution in [0.25, 0.3) is 11.1 Å². The van der Waals surface area contributed by atoms with Crippen LogP contribution in [0.1, 0.15) is 75.8 Å². The Balaban J connectivity index is 0.00000212. The summed E-state index contributed by atoms with van der Waals surface area (Å²) in [4.78, 5) is 0. The second-order valence-electron chi connectivity index (χ2n) is 13.3. The maximum absolute atomic E-state index is 2.76. The molecule has 0 amide bonds. The first-order chi connectivity index (χ1) is 19.5. The Labute approximate surface area is 279 Å². The molecule has 4 aromatic carbocycles. The van der Waals surface area contributed by atoms with E-state index in [2.05, 4.69) is 152 Å². The van der Waals surface area contributed by atoms with E-state index in [0.29, 0.717) is 9.54 Å². The quantitative estimate of drug-likeness (QED) is 0.300. The van der Waals surface area contributed by atoms with Crippen molar-refractivity contribution in [2.75, 3.05) is 0 Å². The molecule has 6 rings (SSSR count). The van der Waals surface area contributed by atoms with E-state index >= 15 is 0 Å². The van der Waals surface area contributed by atoms with Crippen molar-refractivity contribution in [2.45, 2.75) is 59.0 Å². The molecule has 0 bridgehead atoms. The molecule has 0 saturated heterocycles. The van der Waals surface area contributed by atoms with Crippen LogP contribution in [0.3, 0.4) is 0 Å².